The van der Waals surface area contributed by atoms with E-state index < -0.39 is 0 Å². The number of nitrogens with one attached hydrogen (secondary N) is 1. The van der Waals surface area contributed by atoms with Crippen LogP contribution >= 0.6 is 0 Å². The molecule has 0 atom stereocenters. The summed E-state index contributed by atoms with van der Waals surface area (Å²) in [7, 11) is 0. The highest BCUT2D eigenvalue weighted by Crippen LogP contribution is 2.31. The van der Waals surface area contributed by atoms with Gasteiger partial charge >= 0.3 is 0 Å². The van der Waals surface area contributed by atoms with Crippen molar-refractivity contribution in [3.63, 3.8) is 0 Å². The smallest absolute Gasteiger partial charge is 0.252 e. The van der Waals surface area contributed by atoms with Gasteiger partial charge in [-0.15, -0.1) is 0 Å². The highest BCUT2D eigenvalue weighted by molar-refractivity contribution is 5.92. The Morgan fingerprint density at radius 2 is 1.92 bits per heavy atom. The molecule has 1 aliphatic carbocycles. The molecule has 0 unspecified atom stereocenters. The fraction of sp³-hybridized carbons (Fsp3) is 0.579. The SMILES string of the molecule is CCC1CCC(C(=O)Nc2cc(C(C)C)nn2-c2ncccn2)CC1. The Labute approximate surface area is 149 Å². The second-order valence-corrected chi connectivity index (χ2v) is 7.18. The zero-order chi connectivity index (χ0) is 17.8. The molecule has 2 aromatic heterocycles. The summed E-state index contributed by atoms with van der Waals surface area (Å²) in [6.45, 7) is 6.39. The lowest BCUT2D eigenvalue weighted by Crippen LogP contribution is -2.28. The molecule has 0 aliphatic heterocycles. The third-order valence-electron chi connectivity index (χ3n) is 5.11. The molecular formula is C19H27N5O. The fourth-order valence-corrected chi connectivity index (χ4v) is 3.38. The lowest BCUT2D eigenvalue weighted by Gasteiger charge is -2.26. The van der Waals surface area contributed by atoms with E-state index in [1.807, 2.05) is 6.07 Å². The molecule has 6 nitrogen and oxygen atoms in total. The number of rotatable bonds is 5. The van der Waals surface area contributed by atoms with Crippen LogP contribution in [-0.2, 0) is 4.79 Å². The van der Waals surface area contributed by atoms with Gasteiger partial charge in [-0.1, -0.05) is 27.2 Å². The van der Waals surface area contributed by atoms with Crippen molar-refractivity contribution in [2.45, 2.75) is 58.8 Å². The summed E-state index contributed by atoms with van der Waals surface area (Å²) in [5.74, 6) is 2.34. The van der Waals surface area contributed by atoms with Crippen molar-refractivity contribution in [3.05, 3.63) is 30.2 Å². The quantitative estimate of drug-likeness (QED) is 0.894. The van der Waals surface area contributed by atoms with Crippen molar-refractivity contribution in [2.24, 2.45) is 11.8 Å². The lowest BCUT2D eigenvalue weighted by molar-refractivity contribution is -0.121. The Morgan fingerprint density at radius 1 is 1.24 bits per heavy atom. The lowest BCUT2D eigenvalue weighted by atomic mass is 9.80. The first-order chi connectivity index (χ1) is 12.1. The molecule has 2 aromatic rings. The first-order valence-electron chi connectivity index (χ1n) is 9.26. The van der Waals surface area contributed by atoms with E-state index in [0.29, 0.717) is 11.8 Å². The third kappa shape index (κ3) is 4.06. The highest BCUT2D eigenvalue weighted by Gasteiger charge is 2.26. The summed E-state index contributed by atoms with van der Waals surface area (Å²) in [6.07, 6.45) is 8.80. The van der Waals surface area contributed by atoms with Crippen LogP contribution in [0.3, 0.4) is 0 Å². The van der Waals surface area contributed by atoms with Crippen LogP contribution in [0.15, 0.2) is 24.5 Å². The fourth-order valence-electron chi connectivity index (χ4n) is 3.38. The molecule has 134 valence electrons. The van der Waals surface area contributed by atoms with Gasteiger partial charge in [0.25, 0.3) is 5.95 Å². The van der Waals surface area contributed by atoms with Crippen molar-refractivity contribution < 1.29 is 4.79 Å². The predicted molar refractivity (Wildman–Crippen MR) is 97.6 cm³/mol. The summed E-state index contributed by atoms with van der Waals surface area (Å²) >= 11 is 0. The van der Waals surface area contributed by atoms with E-state index in [1.165, 1.54) is 6.42 Å². The van der Waals surface area contributed by atoms with E-state index in [0.717, 1.165) is 37.3 Å². The molecule has 25 heavy (non-hydrogen) atoms. The molecule has 0 saturated heterocycles. The molecular weight excluding hydrogens is 314 g/mol. The molecule has 1 N–H and O–H groups in total. The summed E-state index contributed by atoms with van der Waals surface area (Å²) in [5.41, 5.74) is 0.914. The maximum atomic E-state index is 12.7. The van der Waals surface area contributed by atoms with Gasteiger partial charge in [0.2, 0.25) is 5.91 Å². The molecule has 6 heteroatoms. The zero-order valence-electron chi connectivity index (χ0n) is 15.3. The van der Waals surface area contributed by atoms with E-state index in [2.05, 4.69) is 41.2 Å². The van der Waals surface area contributed by atoms with Crippen molar-refractivity contribution in [1.82, 2.24) is 19.7 Å². The average Bonchev–Trinajstić information content (AvgIpc) is 3.06. The van der Waals surface area contributed by atoms with Crippen molar-refractivity contribution >= 4 is 11.7 Å². The van der Waals surface area contributed by atoms with Crippen LogP contribution in [-0.4, -0.2) is 25.7 Å². The second-order valence-electron chi connectivity index (χ2n) is 7.18. The minimum absolute atomic E-state index is 0.0851. The summed E-state index contributed by atoms with van der Waals surface area (Å²) in [4.78, 5) is 21.3. The van der Waals surface area contributed by atoms with E-state index in [4.69, 9.17) is 0 Å². The number of nitrogens with zero attached hydrogens (tertiary/aromatic N) is 4. The minimum atomic E-state index is 0.0851. The first kappa shape index (κ1) is 17.6. The van der Waals surface area contributed by atoms with Crippen molar-refractivity contribution in [1.29, 1.82) is 0 Å². The number of carbonyl (C=O) groups excluding carboxylic acids is 1. The van der Waals surface area contributed by atoms with Crippen molar-refractivity contribution in [2.75, 3.05) is 5.32 Å². The van der Waals surface area contributed by atoms with Gasteiger partial charge in [-0.2, -0.15) is 9.78 Å². The van der Waals surface area contributed by atoms with Gasteiger partial charge < -0.3 is 5.32 Å². The predicted octanol–water partition coefficient (Wildman–Crippen LogP) is 3.94. The Morgan fingerprint density at radius 3 is 2.52 bits per heavy atom. The normalized spacial score (nSPS) is 20.6. The van der Waals surface area contributed by atoms with Gasteiger partial charge in [0, 0.05) is 24.4 Å². The van der Waals surface area contributed by atoms with Crippen LogP contribution < -0.4 is 5.32 Å². The van der Waals surface area contributed by atoms with Gasteiger partial charge in [-0.25, -0.2) is 9.97 Å². The van der Waals surface area contributed by atoms with Gasteiger partial charge in [0.1, 0.15) is 5.82 Å². The summed E-state index contributed by atoms with van der Waals surface area (Å²) in [6, 6.07) is 3.69. The largest absolute Gasteiger partial charge is 0.310 e. The molecule has 1 fully saturated rings. The Hall–Kier alpha value is -2.24. The molecule has 0 radical (unpaired) electrons. The van der Waals surface area contributed by atoms with Crippen LogP contribution in [0, 0.1) is 11.8 Å². The second kappa shape index (κ2) is 7.76. The van der Waals surface area contributed by atoms with Gasteiger partial charge in [-0.05, 0) is 43.6 Å². The van der Waals surface area contributed by atoms with Crippen molar-refractivity contribution in [3.8, 4) is 5.95 Å². The molecule has 0 spiro atoms. The molecule has 3 rings (SSSR count). The standard InChI is InChI=1S/C19H27N5O/c1-4-14-6-8-15(9-7-14)18(25)22-17-12-16(13(2)3)23-24(17)19-20-10-5-11-21-19/h5,10-15H,4,6-9H2,1-3H3,(H,22,25). The first-order valence-corrected chi connectivity index (χ1v) is 9.26. The summed E-state index contributed by atoms with van der Waals surface area (Å²) in [5, 5.41) is 7.65. The van der Waals surface area contributed by atoms with E-state index in [1.54, 1.807) is 23.1 Å². The molecule has 1 amide bonds. The number of amides is 1. The number of anilines is 1. The Balaban J connectivity index is 1.78. The molecule has 1 aliphatic rings. The molecule has 2 heterocycles. The summed E-state index contributed by atoms with van der Waals surface area (Å²) < 4.78 is 1.63. The highest BCUT2D eigenvalue weighted by atomic mass is 16.2. The van der Waals surface area contributed by atoms with Crippen LogP contribution in [0.4, 0.5) is 5.82 Å². The van der Waals surface area contributed by atoms with Gasteiger partial charge in [0.05, 0.1) is 5.69 Å². The maximum Gasteiger partial charge on any atom is 0.252 e. The maximum absolute atomic E-state index is 12.7. The molecule has 0 bridgehead atoms. The van der Waals surface area contributed by atoms with E-state index >= 15 is 0 Å². The number of aromatic nitrogens is 4. The van der Waals surface area contributed by atoms with Crippen LogP contribution in [0.5, 0.6) is 0 Å². The number of carbonyl (C=O) groups is 1. The van der Waals surface area contributed by atoms with Gasteiger partial charge in [0.15, 0.2) is 0 Å². The monoisotopic (exact) mass is 341 g/mol. The van der Waals surface area contributed by atoms with Crippen LogP contribution in [0.25, 0.3) is 5.95 Å². The van der Waals surface area contributed by atoms with Crippen LogP contribution in [0.2, 0.25) is 0 Å². The molecule has 0 aromatic carbocycles. The minimum Gasteiger partial charge on any atom is -0.310 e. The van der Waals surface area contributed by atoms with Gasteiger partial charge in [-0.3, -0.25) is 4.79 Å². The average molecular weight is 341 g/mol. The Bertz CT molecular complexity index is 702. The van der Waals surface area contributed by atoms with E-state index in [-0.39, 0.29) is 17.7 Å². The molecule has 1 saturated carbocycles. The Kier molecular flexibility index (Phi) is 5.46. The third-order valence-corrected chi connectivity index (χ3v) is 5.11. The topological polar surface area (TPSA) is 72.7 Å². The van der Waals surface area contributed by atoms with E-state index in [9.17, 15) is 4.79 Å². The zero-order valence-corrected chi connectivity index (χ0v) is 15.3. The number of hydrogen-bond acceptors (Lipinski definition) is 4. The number of hydrogen-bond donors (Lipinski definition) is 1. The van der Waals surface area contributed by atoms with Crippen LogP contribution in [0.1, 0.15) is 64.5 Å².